The summed E-state index contributed by atoms with van der Waals surface area (Å²) < 4.78 is 120. The van der Waals surface area contributed by atoms with Crippen molar-refractivity contribution in [2.24, 2.45) is 0 Å². The molecule has 2 aromatic heterocycles. The minimum absolute atomic E-state index is 0.0615. The molecule has 0 radical (unpaired) electrons. The van der Waals surface area contributed by atoms with E-state index >= 15 is 0 Å². The lowest BCUT2D eigenvalue weighted by Gasteiger charge is -2.47. The number of rotatable bonds is 48. The Labute approximate surface area is 668 Å². The van der Waals surface area contributed by atoms with Crippen LogP contribution in [0, 0.1) is 0 Å². The van der Waals surface area contributed by atoms with Gasteiger partial charge in [-0.3, -0.25) is 41.7 Å². The van der Waals surface area contributed by atoms with Crippen molar-refractivity contribution in [1.29, 1.82) is 0 Å². The maximum atomic E-state index is 13.6. The third-order valence-electron chi connectivity index (χ3n) is 17.4. The van der Waals surface area contributed by atoms with Gasteiger partial charge >= 0.3 is 38.8 Å². The van der Waals surface area contributed by atoms with Crippen LogP contribution in [-0.4, -0.2) is 397 Å². The van der Waals surface area contributed by atoms with Crippen molar-refractivity contribution in [3.05, 3.63) is 45.5 Å². The van der Waals surface area contributed by atoms with Gasteiger partial charge in [0.2, 0.25) is 17.7 Å². The van der Waals surface area contributed by atoms with Crippen LogP contribution >= 0.6 is 27.0 Å². The van der Waals surface area contributed by atoms with E-state index in [2.05, 4.69) is 36.6 Å². The van der Waals surface area contributed by atoms with Crippen LogP contribution in [0.25, 0.3) is 0 Å². The largest absolute Gasteiger partial charge is 0.447 e. The average molecular weight is 1740 g/mol. The first kappa shape index (κ1) is 101. The predicted octanol–water partition coefficient (Wildman–Crippen LogP) is -8.59. The van der Waals surface area contributed by atoms with Crippen molar-refractivity contribution in [3.8, 4) is 0 Å². The highest BCUT2D eigenvalue weighted by molar-refractivity contribution is 7.99. The Morgan fingerprint density at radius 2 is 1.04 bits per heavy atom. The Hall–Kier alpha value is -5.96. The Morgan fingerprint density at radius 1 is 0.603 bits per heavy atom. The fraction of sp³-hybridized carbons (Fsp3) is 0.797. The van der Waals surface area contributed by atoms with Crippen molar-refractivity contribution < 1.29 is 174 Å². The van der Waals surface area contributed by atoms with Crippen LogP contribution in [0.3, 0.4) is 0 Å². The van der Waals surface area contributed by atoms with Gasteiger partial charge in [0.05, 0.1) is 117 Å². The van der Waals surface area contributed by atoms with Crippen molar-refractivity contribution in [1.82, 2.24) is 45.7 Å². The molecule has 0 spiro atoms. The molecule has 0 aliphatic carbocycles. The highest BCUT2D eigenvalue weighted by Gasteiger charge is 2.55. The molecule has 666 valence electrons. The van der Waals surface area contributed by atoms with Crippen LogP contribution in [0.4, 0.5) is 21.2 Å². The summed E-state index contributed by atoms with van der Waals surface area (Å²) >= 11 is 1.27. The van der Waals surface area contributed by atoms with Gasteiger partial charge in [-0.05, 0) is 26.0 Å². The van der Waals surface area contributed by atoms with Gasteiger partial charge in [0.15, 0.2) is 24.0 Å². The van der Waals surface area contributed by atoms with Gasteiger partial charge in [-0.2, -0.15) is 21.7 Å². The zero-order chi connectivity index (χ0) is 86.3. The fourth-order valence-electron chi connectivity index (χ4n) is 11.7. The molecule has 0 bridgehead atoms. The normalized spacial score (nSPS) is 28.6. The molecule has 2 aromatic rings. The van der Waals surface area contributed by atoms with Gasteiger partial charge in [-0.25, -0.2) is 19.2 Å². The van der Waals surface area contributed by atoms with Crippen LogP contribution < -0.4 is 49.4 Å². The average Bonchev–Trinajstić information content (AvgIpc) is 1.13. The van der Waals surface area contributed by atoms with E-state index in [1.807, 2.05) is 0 Å². The molecule has 10 unspecified atom stereocenters. The number of aliphatic hydroxyl groups excluding tert-OH is 12. The van der Waals surface area contributed by atoms with E-state index in [0.717, 1.165) is 22.5 Å². The number of nitrogens with zero attached hydrogens (tertiary/aromatic N) is 4. The number of carbonyl (C=O) groups is 5. The van der Waals surface area contributed by atoms with E-state index in [1.54, 1.807) is 0 Å². The number of aromatic nitrogens is 4. The number of amides is 5. The van der Waals surface area contributed by atoms with Crippen LogP contribution in [0.1, 0.15) is 39.1 Å². The molecule has 49 nitrogen and oxygen atoms in total. The molecule has 5 amide bonds. The number of nitrogens with one attached hydrogen (secondary N) is 5. The molecule has 4 saturated heterocycles. The molecule has 24 atom stereocenters. The van der Waals surface area contributed by atoms with Gasteiger partial charge < -0.3 is 170 Å². The van der Waals surface area contributed by atoms with E-state index in [0.29, 0.717) is 32.2 Å². The first-order chi connectivity index (χ1) is 54.8. The molecule has 116 heavy (non-hydrogen) atoms. The summed E-state index contributed by atoms with van der Waals surface area (Å²) in [6.07, 6.45) is -27.5. The first-order valence-corrected chi connectivity index (χ1v) is 41.2. The number of anilines is 2. The second-order valence-electron chi connectivity index (χ2n) is 26.9. The molecule has 52 heteroatoms. The highest BCUT2D eigenvalue weighted by atomic mass is 32.2. The maximum Gasteiger partial charge on any atom is 0.407 e. The second kappa shape index (κ2) is 49.1. The number of aliphatic hydroxyl groups is 12. The summed E-state index contributed by atoms with van der Waals surface area (Å²) in [7, 11) is -2.54. The van der Waals surface area contributed by atoms with Crippen molar-refractivity contribution in [3.63, 3.8) is 0 Å². The fourth-order valence-corrected chi connectivity index (χ4v) is 15.1. The molecule has 4 aliphatic heterocycles. The molecular weight excluding hydrogens is 1620 g/mol. The smallest absolute Gasteiger partial charge is 0.407 e. The van der Waals surface area contributed by atoms with E-state index in [-0.39, 0.29) is 63.6 Å². The van der Waals surface area contributed by atoms with Gasteiger partial charge in [0, 0.05) is 78.5 Å². The molecule has 0 saturated carbocycles. The first-order valence-electron chi connectivity index (χ1n) is 36.0. The lowest BCUT2D eigenvalue weighted by molar-refractivity contribution is -0.283. The number of hydrogen-bond donors (Lipinski definition) is 19. The number of ether oxygens (including phenoxy) is 13. The monoisotopic (exact) mass is 1740 g/mol. The highest BCUT2D eigenvalue weighted by Crippen LogP contribution is 2.53. The van der Waals surface area contributed by atoms with E-state index in [9.17, 15) is 104 Å². The predicted molar refractivity (Wildman–Crippen MR) is 396 cm³/mol. The lowest BCUT2D eigenvalue weighted by Crippen LogP contribution is -2.66. The third kappa shape index (κ3) is 32.2. The summed E-state index contributed by atoms with van der Waals surface area (Å²) in [6.45, 7) is 1.93. The SMILES string of the molecule is COCCOCC(COC(=O)NCC(=O)N[C@H]1C([C@H](O)[C@H](O)CO)O[C@@](C)(OP(C)(=O)OCC2OC(n3ccc(N)nc3=O)[C@H](O)[C@@H]2O)C[C@H]1O)OCCOC.COCCOCCSCC(NC(=O)OCCOC)C(=O)NCC(=O)N[C@H]1C([C@H](O)[C@H](O)CO)O[C@@](C)(OP(C)(=O)OCC2OC(n3ccc(N)nc3=O)[C@H](O)[C@@H]2O)C[C@H]1O. The third-order valence-corrected chi connectivity index (χ3v) is 21.1. The molecule has 6 heterocycles. The van der Waals surface area contributed by atoms with Crippen LogP contribution in [-0.2, 0) is 103 Å². The maximum absolute atomic E-state index is 13.6. The molecular formula is C64H111N11O38P2S. The summed E-state index contributed by atoms with van der Waals surface area (Å²) in [5.74, 6) is -6.30. The summed E-state index contributed by atoms with van der Waals surface area (Å²) in [6, 6.07) is -1.60. The quantitative estimate of drug-likeness (QED) is 0.0216. The molecule has 0 aromatic carbocycles. The Kier molecular flexibility index (Phi) is 42.6. The summed E-state index contributed by atoms with van der Waals surface area (Å²) in [4.78, 5) is 95.5. The zero-order valence-corrected chi connectivity index (χ0v) is 67.5. The standard InChI is InChI=1S/C33H57N6O19PS.C31H54N5O19P/c1-33(58-59(4,50)55-16-21-26(45)27(46)30(56-21)39-6-5-22(34)37-31(39)48)13-19(41)24(28(57-33)25(44)20(42)15-40)38-23(43)14-35-29(47)18(36-32(49)54-10-8-52-3)17-60-12-11-53-9-7-51-2;1-31(55-56(4,46)52-16-20-25(42)26(43)28(53-20)36-6-5-21(32)34-29(36)44)11-18(38)23(27(54-31)24(41)19(39)13-37)35-22(40)12-33-30(45)51-15-17(50-10-8-48-3)14-49-9-7-47-2/h5-6,18-21,24-28,30,40-42,44-46H,7-17H2,1-4H3,(H,35,47)(H,36,49)(H,38,43)(H2,34,37,48);5-6,17-20,23-28,37-39,41-43H,7-16H2,1-4H3,(H,33,45)(H,35,40)(H2,32,34,44)/t18?,19-,20-,21?,24-,25-,26-,27-,28?,30?,33+,59?;17?,18-,19-,20?,23-,24-,25-,26-,27?,28?,31+,56?/m11/s1. The number of hydrogen-bond acceptors (Lipinski definition) is 43. The van der Waals surface area contributed by atoms with Gasteiger partial charge in [-0.15, -0.1) is 0 Å². The van der Waals surface area contributed by atoms with Crippen LogP contribution in [0.5, 0.6) is 0 Å². The topological polar surface area (TPSA) is 701 Å². The number of methoxy groups -OCH3 is 4. The Balaban J connectivity index is 0.000000415. The van der Waals surface area contributed by atoms with Crippen molar-refractivity contribution in [2.75, 3.05) is 177 Å². The van der Waals surface area contributed by atoms with E-state index < -0.39 is 243 Å². The Bertz CT molecular complexity index is 3580. The summed E-state index contributed by atoms with van der Waals surface area (Å²) in [5.41, 5.74) is 9.27. The number of nitrogens with two attached hydrogens (primary N) is 2. The number of carbonyl (C=O) groups excluding carboxylic acids is 5. The Morgan fingerprint density at radius 3 is 1.49 bits per heavy atom. The van der Waals surface area contributed by atoms with E-state index in [1.165, 1.54) is 78.6 Å². The van der Waals surface area contributed by atoms with E-state index in [4.69, 9.17) is 91.1 Å². The number of nitrogen functional groups attached to an aromatic ring is 2. The number of alkyl carbamates (subject to hydrolysis) is 2. The molecule has 21 N–H and O–H groups in total. The van der Waals surface area contributed by atoms with Crippen molar-refractivity contribution in [2.45, 2.75) is 160 Å². The summed E-state index contributed by atoms with van der Waals surface area (Å²) in [5, 5.41) is 138. The zero-order valence-electron chi connectivity index (χ0n) is 64.9. The van der Waals surface area contributed by atoms with Gasteiger partial charge in [-0.1, -0.05) is 0 Å². The van der Waals surface area contributed by atoms with Gasteiger partial charge in [0.25, 0.3) is 0 Å². The van der Waals surface area contributed by atoms with Gasteiger partial charge in [0.1, 0.15) is 117 Å². The minimum atomic E-state index is -4.25. The lowest BCUT2D eigenvalue weighted by atomic mass is 9.89. The van der Waals surface area contributed by atoms with Crippen LogP contribution in [0.15, 0.2) is 34.1 Å². The van der Waals surface area contributed by atoms with Crippen LogP contribution in [0.2, 0.25) is 0 Å². The molecule has 4 fully saturated rings. The molecule has 4 aliphatic rings. The molecule has 6 rings (SSSR count). The van der Waals surface area contributed by atoms with Crippen molar-refractivity contribution >= 4 is 68.5 Å². The number of thioether (sulfide) groups is 1. The minimum Gasteiger partial charge on any atom is -0.447 e. The second-order valence-corrected chi connectivity index (χ2v) is 32.0.